The number of aliphatic imine (C=N–C) groups is 1. The number of amides is 8. The summed E-state index contributed by atoms with van der Waals surface area (Å²) in [4.78, 5) is 126. The minimum Gasteiger partial charge on any atom is -0.508 e. The van der Waals surface area contributed by atoms with Crippen LogP contribution in [0, 0.1) is 5.41 Å². The molecule has 0 heterocycles. The molecule has 0 saturated heterocycles. The van der Waals surface area contributed by atoms with Gasteiger partial charge in [-0.15, -0.1) is 0 Å². The Morgan fingerprint density at radius 2 is 0.936 bits per heavy atom. The number of phenolic OH excluding ortho intramolecular Hbond substituents is 1. The van der Waals surface area contributed by atoms with E-state index in [9.17, 15) is 48.3 Å². The van der Waals surface area contributed by atoms with Crippen molar-refractivity contribution in [3.05, 3.63) is 65.7 Å². The third kappa shape index (κ3) is 26.7. The van der Waals surface area contributed by atoms with E-state index >= 15 is 0 Å². The number of Topliss-reactive ketones (excluding diaryl/α,β-unsaturated/α-hetero) is 1. The Bertz CT molecular complexity index is 2260. The summed E-state index contributed by atoms with van der Waals surface area (Å²) < 4.78 is 0. The van der Waals surface area contributed by atoms with E-state index in [-0.39, 0.29) is 69.1 Å². The second-order valence-electron chi connectivity index (χ2n) is 20.3. The van der Waals surface area contributed by atoms with Gasteiger partial charge >= 0.3 is 0 Å². The lowest BCUT2D eigenvalue weighted by molar-refractivity contribution is -0.135. The van der Waals surface area contributed by atoms with Crippen LogP contribution >= 0.6 is 0 Å². The van der Waals surface area contributed by atoms with Crippen LogP contribution in [-0.2, 0) is 56.0 Å². The number of benzene rings is 2. The van der Waals surface area contributed by atoms with E-state index in [2.05, 4.69) is 42.2 Å². The molecule has 0 bridgehead atoms. The van der Waals surface area contributed by atoms with Gasteiger partial charge in [-0.25, -0.2) is 0 Å². The van der Waals surface area contributed by atoms with Gasteiger partial charge in [0, 0.05) is 24.8 Å². The van der Waals surface area contributed by atoms with Gasteiger partial charge in [0.15, 0.2) is 11.7 Å². The predicted molar refractivity (Wildman–Crippen MR) is 296 cm³/mol. The molecule has 434 valence electrons. The molecule has 0 aromatic heterocycles. The first-order valence-electron chi connectivity index (χ1n) is 26.6. The topological polar surface area (TPSA) is 453 Å². The van der Waals surface area contributed by atoms with Crippen LogP contribution in [0.3, 0.4) is 0 Å². The monoisotopic (exact) mass is 1090 g/mol. The highest BCUT2D eigenvalue weighted by atomic mass is 16.3. The van der Waals surface area contributed by atoms with Gasteiger partial charge < -0.3 is 82.5 Å². The molecule has 0 saturated carbocycles. The minimum atomic E-state index is -1.35. The Morgan fingerprint density at radius 3 is 1.45 bits per heavy atom. The number of aromatic hydroxyl groups is 1. The molecule has 0 aliphatic heterocycles. The number of primary amides is 1. The maximum absolute atomic E-state index is 14.3. The summed E-state index contributed by atoms with van der Waals surface area (Å²) in [7, 11) is 0. The molecule has 8 amide bonds. The van der Waals surface area contributed by atoms with Crippen molar-refractivity contribution in [1.82, 2.24) is 37.2 Å². The van der Waals surface area contributed by atoms with E-state index in [1.807, 2.05) is 0 Å². The number of ketones is 1. The number of carbonyl (C=O) groups is 9. The molecule has 78 heavy (non-hydrogen) atoms. The van der Waals surface area contributed by atoms with Gasteiger partial charge in [-0.1, -0.05) is 76.1 Å². The maximum atomic E-state index is 14.3. The van der Waals surface area contributed by atoms with E-state index in [1.165, 1.54) is 12.1 Å². The number of hydrogen-bond acceptors (Lipinski definition) is 15. The number of nitrogens with two attached hydrogens (primary N) is 7. The molecule has 0 radical (unpaired) electrons. The first-order valence-corrected chi connectivity index (χ1v) is 26.6. The summed E-state index contributed by atoms with van der Waals surface area (Å²) in [6.45, 7) is 5.68. The molecule has 0 fully saturated rings. The van der Waals surface area contributed by atoms with Crippen LogP contribution in [0.5, 0.6) is 5.75 Å². The smallest absolute Gasteiger partial charge is 0.243 e. The lowest BCUT2D eigenvalue weighted by atomic mass is 9.84. The van der Waals surface area contributed by atoms with E-state index in [0.29, 0.717) is 75.6 Å². The Labute approximate surface area is 457 Å². The summed E-state index contributed by atoms with van der Waals surface area (Å²) in [6, 6.07) is 6.11. The largest absolute Gasteiger partial charge is 0.508 e. The molecule has 0 aliphatic rings. The summed E-state index contributed by atoms with van der Waals surface area (Å²) in [5.74, 6) is -6.65. The lowest BCUT2D eigenvalue weighted by Gasteiger charge is -2.28. The van der Waals surface area contributed by atoms with Crippen molar-refractivity contribution < 1.29 is 48.3 Å². The zero-order valence-corrected chi connectivity index (χ0v) is 45.5. The fraction of sp³-hybridized carbons (Fsp3) is 0.585. The average Bonchev–Trinajstić information content (AvgIpc) is 3.38. The SMILES string of the molecule is CC(C)(C)C(=O)[C@H](CCCCN)NC(=O)[C@H](Cc1ccc(O)cc1)NC(=O)[C@H](CCCCN)NC(=O)CNC(=O)[C@H](CCCN=C(N)N)NC(=O)[C@H](Cc1ccccc1)NC(=O)[C@H](CCCCCN)NC(=O)[C@@H](N)CC(N)=O. The fourth-order valence-electron chi connectivity index (χ4n) is 8.11. The summed E-state index contributed by atoms with van der Waals surface area (Å²) >= 11 is 0. The molecule has 0 spiro atoms. The van der Waals surface area contributed by atoms with Crippen LogP contribution in [0.25, 0.3) is 0 Å². The minimum absolute atomic E-state index is 0.0189. The highest BCUT2D eigenvalue weighted by molar-refractivity contribution is 5.98. The Balaban J connectivity index is 2.43. The first-order chi connectivity index (χ1) is 37.0. The number of carbonyl (C=O) groups excluding carboxylic acids is 9. The highest BCUT2D eigenvalue weighted by Crippen LogP contribution is 2.20. The first kappa shape index (κ1) is 66.9. The molecular formula is C53H87N15O10. The van der Waals surface area contributed by atoms with E-state index in [1.54, 1.807) is 63.2 Å². The van der Waals surface area contributed by atoms with Crippen molar-refractivity contribution in [3.8, 4) is 5.75 Å². The van der Waals surface area contributed by atoms with Gasteiger partial charge in [-0.3, -0.25) is 48.1 Å². The Morgan fingerprint density at radius 1 is 0.513 bits per heavy atom. The second-order valence-corrected chi connectivity index (χ2v) is 20.3. The fourth-order valence-corrected chi connectivity index (χ4v) is 8.11. The van der Waals surface area contributed by atoms with Crippen molar-refractivity contribution in [1.29, 1.82) is 0 Å². The molecule has 0 unspecified atom stereocenters. The number of rotatable bonds is 38. The molecule has 25 heteroatoms. The van der Waals surface area contributed by atoms with Crippen molar-refractivity contribution in [3.63, 3.8) is 0 Å². The summed E-state index contributed by atoms with van der Waals surface area (Å²) in [6.07, 6.45) is 3.79. The van der Waals surface area contributed by atoms with Gasteiger partial charge in [0.2, 0.25) is 47.3 Å². The number of nitrogens with one attached hydrogen (secondary N) is 7. The zero-order valence-electron chi connectivity index (χ0n) is 45.5. The predicted octanol–water partition coefficient (Wildman–Crippen LogP) is -2.15. The molecule has 2 aromatic carbocycles. The third-order valence-corrected chi connectivity index (χ3v) is 12.4. The number of phenols is 1. The van der Waals surface area contributed by atoms with Crippen molar-refractivity contribution in [2.24, 2.45) is 50.5 Å². The van der Waals surface area contributed by atoms with Crippen LogP contribution < -0.4 is 77.4 Å². The van der Waals surface area contributed by atoms with Crippen LogP contribution in [0.1, 0.15) is 115 Å². The van der Waals surface area contributed by atoms with E-state index in [4.69, 9.17) is 40.1 Å². The second kappa shape index (κ2) is 36.0. The summed E-state index contributed by atoms with van der Waals surface area (Å²) in [5, 5.41) is 28.7. The van der Waals surface area contributed by atoms with Gasteiger partial charge in [-0.2, -0.15) is 0 Å². The lowest BCUT2D eigenvalue weighted by Crippen LogP contribution is -2.59. The van der Waals surface area contributed by atoms with Crippen LogP contribution in [0.15, 0.2) is 59.6 Å². The molecule has 2 rings (SSSR count). The molecule has 7 atom stereocenters. The number of hydrogen-bond donors (Lipinski definition) is 15. The van der Waals surface area contributed by atoms with E-state index < -0.39 is 108 Å². The number of guanidine groups is 1. The van der Waals surface area contributed by atoms with Crippen LogP contribution in [0.2, 0.25) is 0 Å². The summed E-state index contributed by atoms with van der Waals surface area (Å²) in [5.41, 5.74) is 39.7. The number of unbranched alkanes of at least 4 members (excludes halogenated alkanes) is 4. The Hall–Kier alpha value is -7.22. The standard InChI is InChI=1S/C53H87N15O10/c1-53(2,3)45(72)37(17-9-12-26-55)64-50(77)42(30-34-21-23-35(69)24-22-34)67-48(75)39(19-10-13-27-56)63-44(71)32-62-47(74)38(20-14-28-61-52(59)60)66-51(78)41(29-33-15-6-4-7-16-33)68-49(76)40(18-8-5-11-25-54)65-46(73)36(57)31-43(58)70/h4,6-7,15-16,21-24,36-42,69H,5,8-14,17-20,25-32,54-57H2,1-3H3,(H2,58,70)(H,62,74)(H,63,71)(H,64,77)(H,65,73)(H,66,78)(H,67,75)(H,68,76)(H4,59,60,61)/t36-,37-,38-,39-,40-,41-,42-/m0/s1. The van der Waals surface area contributed by atoms with Crippen LogP contribution in [0.4, 0.5) is 0 Å². The average molecular weight is 1090 g/mol. The molecule has 25 nitrogen and oxygen atoms in total. The highest BCUT2D eigenvalue weighted by Gasteiger charge is 2.35. The van der Waals surface area contributed by atoms with Gasteiger partial charge in [-0.05, 0) is 107 Å². The third-order valence-electron chi connectivity index (χ3n) is 12.4. The normalized spacial score (nSPS) is 13.9. The van der Waals surface area contributed by atoms with Crippen LogP contribution in [-0.4, -0.2) is 139 Å². The quantitative estimate of drug-likeness (QED) is 0.0194. The molecule has 0 aliphatic carbocycles. The van der Waals surface area contributed by atoms with Crippen molar-refractivity contribution in [2.75, 3.05) is 32.7 Å². The van der Waals surface area contributed by atoms with Gasteiger partial charge in [0.1, 0.15) is 36.0 Å². The zero-order chi connectivity index (χ0) is 58.2. The molecular weight excluding hydrogens is 1010 g/mol. The molecule has 2 aromatic rings. The van der Waals surface area contributed by atoms with E-state index in [0.717, 1.165) is 0 Å². The van der Waals surface area contributed by atoms with Gasteiger partial charge in [0.05, 0.1) is 25.0 Å². The van der Waals surface area contributed by atoms with Crippen molar-refractivity contribution in [2.45, 2.75) is 159 Å². The molecule has 22 N–H and O–H groups in total. The number of nitrogens with zero attached hydrogens (tertiary/aromatic N) is 1. The van der Waals surface area contributed by atoms with Crippen molar-refractivity contribution >= 4 is 59.0 Å². The Kier molecular flexibility index (Phi) is 30.9. The maximum Gasteiger partial charge on any atom is 0.243 e. The van der Waals surface area contributed by atoms with Gasteiger partial charge in [0.25, 0.3) is 0 Å².